The number of nitrogens with zero attached hydrogens (tertiary/aromatic N) is 4. The quantitative estimate of drug-likeness (QED) is 0.319. The molecule has 0 radical (unpaired) electrons. The average molecular weight is 559 g/mol. The lowest BCUT2D eigenvalue weighted by molar-refractivity contribution is -0.161. The van der Waals surface area contributed by atoms with Crippen LogP contribution < -0.4 is 10.6 Å². The van der Waals surface area contributed by atoms with E-state index in [1.54, 1.807) is 38.1 Å². The molecule has 2 aromatic rings. The molecule has 5 rings (SSSR count). The first-order chi connectivity index (χ1) is 18.6. The van der Waals surface area contributed by atoms with E-state index in [9.17, 15) is 29.1 Å². The molecule has 3 aliphatic heterocycles. The van der Waals surface area contributed by atoms with Crippen LogP contribution in [0.1, 0.15) is 37.8 Å². The number of hydrazone groups is 1. The van der Waals surface area contributed by atoms with Gasteiger partial charge in [-0.2, -0.15) is 5.10 Å². The average Bonchev–Trinajstić information content (AvgIpc) is 3.67. The number of carboxylic acid groups (broad SMARTS) is 1. The Hall–Kier alpha value is -4.27. The van der Waals surface area contributed by atoms with Crippen LogP contribution in [-0.2, 0) is 14.4 Å². The number of carbonyl (C=O) groups excluding carboxylic acids is 4. The van der Waals surface area contributed by atoms with Gasteiger partial charge >= 0.3 is 18.0 Å². The minimum atomic E-state index is -1.10. The summed E-state index contributed by atoms with van der Waals surface area (Å²) in [5.74, 6) is -1.41. The number of carbonyl (C=O) groups is 5. The molecule has 0 aliphatic carbocycles. The number of urea groups is 2. The van der Waals surface area contributed by atoms with Crippen LogP contribution >= 0.6 is 11.8 Å². The summed E-state index contributed by atoms with van der Waals surface area (Å²) >= 11 is 1.31. The van der Waals surface area contributed by atoms with Crippen LogP contribution in [0.4, 0.5) is 9.59 Å². The van der Waals surface area contributed by atoms with Crippen molar-refractivity contribution in [2.45, 2.75) is 48.5 Å². The molecule has 0 bridgehead atoms. The van der Waals surface area contributed by atoms with Crippen molar-refractivity contribution in [2.24, 2.45) is 5.10 Å². The first-order valence-corrected chi connectivity index (χ1v) is 13.0. The molecule has 14 nitrogen and oxygen atoms in total. The van der Waals surface area contributed by atoms with Crippen molar-refractivity contribution in [3.05, 3.63) is 48.3 Å². The van der Waals surface area contributed by atoms with Crippen LogP contribution in [0.3, 0.4) is 0 Å². The third kappa shape index (κ3) is 4.96. The second kappa shape index (κ2) is 10.1. The van der Waals surface area contributed by atoms with Gasteiger partial charge in [0.05, 0.1) is 44.3 Å². The van der Waals surface area contributed by atoms with E-state index in [0.717, 1.165) is 9.91 Å². The predicted octanol–water partition coefficient (Wildman–Crippen LogP) is 1.42. The fourth-order valence-corrected chi connectivity index (χ4v) is 6.44. The first-order valence-electron chi connectivity index (χ1n) is 12.1. The van der Waals surface area contributed by atoms with Crippen LogP contribution in [-0.4, -0.2) is 91.3 Å². The van der Waals surface area contributed by atoms with E-state index in [1.165, 1.54) is 35.4 Å². The third-order valence-electron chi connectivity index (χ3n) is 6.67. The van der Waals surface area contributed by atoms with Gasteiger partial charge in [-0.15, -0.1) is 11.8 Å². The van der Waals surface area contributed by atoms with Gasteiger partial charge in [-0.3, -0.25) is 9.59 Å². The molecule has 206 valence electrons. The maximum absolute atomic E-state index is 13.0. The number of hydrogen-bond donors (Lipinski definition) is 3. The molecule has 0 spiro atoms. The molecule has 0 aromatic carbocycles. The van der Waals surface area contributed by atoms with Gasteiger partial charge in [0.2, 0.25) is 11.8 Å². The van der Waals surface area contributed by atoms with Crippen molar-refractivity contribution in [3.8, 4) is 0 Å². The van der Waals surface area contributed by atoms with Crippen LogP contribution in [0.2, 0.25) is 0 Å². The van der Waals surface area contributed by atoms with Crippen molar-refractivity contribution in [1.82, 2.24) is 25.4 Å². The summed E-state index contributed by atoms with van der Waals surface area (Å²) < 4.78 is 9.83. The van der Waals surface area contributed by atoms with Gasteiger partial charge < -0.3 is 29.5 Å². The lowest BCUT2D eigenvalue weighted by Crippen LogP contribution is -2.70. The Kier molecular flexibility index (Phi) is 6.84. The molecule has 3 fully saturated rings. The second-order valence-electron chi connectivity index (χ2n) is 9.68. The number of hydrogen-bond acceptors (Lipinski definition) is 9. The largest absolute Gasteiger partial charge is 0.480 e. The number of nitrogens with one attached hydrogen (secondary N) is 2. The Morgan fingerprint density at radius 3 is 2.62 bits per heavy atom. The number of rotatable bonds is 8. The van der Waals surface area contributed by atoms with Crippen molar-refractivity contribution < 1.29 is 37.9 Å². The zero-order chi connectivity index (χ0) is 27.9. The van der Waals surface area contributed by atoms with Crippen molar-refractivity contribution in [3.63, 3.8) is 0 Å². The van der Waals surface area contributed by atoms with Crippen molar-refractivity contribution >= 4 is 47.8 Å². The first kappa shape index (κ1) is 26.3. The molecular formula is C24H26N6O8S. The number of imide groups is 1. The van der Waals surface area contributed by atoms with Crippen LogP contribution in [0.15, 0.2) is 50.7 Å². The van der Waals surface area contributed by atoms with Gasteiger partial charge in [0.1, 0.15) is 29.0 Å². The number of furan rings is 2. The molecular weight excluding hydrogens is 532 g/mol. The summed E-state index contributed by atoms with van der Waals surface area (Å²) in [5.41, 5.74) is 0. The predicted molar refractivity (Wildman–Crippen MR) is 135 cm³/mol. The second-order valence-corrected chi connectivity index (χ2v) is 11.5. The molecule has 2 unspecified atom stereocenters. The monoisotopic (exact) mass is 558 g/mol. The van der Waals surface area contributed by atoms with Gasteiger partial charge in [-0.25, -0.2) is 24.3 Å². The summed E-state index contributed by atoms with van der Waals surface area (Å²) in [5, 5.41) is 19.6. The Labute approximate surface area is 226 Å². The highest BCUT2D eigenvalue weighted by molar-refractivity contribution is 8.01. The van der Waals surface area contributed by atoms with Crippen LogP contribution in [0.25, 0.3) is 0 Å². The molecule has 3 N–H and O–H groups in total. The summed E-state index contributed by atoms with van der Waals surface area (Å²) in [6.45, 7) is 3.73. The fraction of sp³-hybridized carbons (Fsp3) is 0.417. The highest BCUT2D eigenvalue weighted by Gasteiger charge is 2.64. The number of carboxylic acids is 1. The topological polar surface area (TPSA) is 178 Å². The molecule has 5 heterocycles. The van der Waals surface area contributed by atoms with Gasteiger partial charge in [-0.05, 0) is 38.1 Å². The Bertz CT molecular complexity index is 1310. The molecule has 3 saturated heterocycles. The summed E-state index contributed by atoms with van der Waals surface area (Å²) in [4.78, 5) is 65.3. The number of fused-ring (bicyclic) bond motifs is 1. The van der Waals surface area contributed by atoms with E-state index in [2.05, 4.69) is 15.7 Å². The zero-order valence-electron chi connectivity index (χ0n) is 21.0. The summed E-state index contributed by atoms with van der Waals surface area (Å²) in [7, 11) is 0. The number of amides is 6. The highest BCUT2D eigenvalue weighted by Crippen LogP contribution is 2.50. The van der Waals surface area contributed by atoms with E-state index < -0.39 is 58.1 Å². The summed E-state index contributed by atoms with van der Waals surface area (Å²) in [6, 6.07) is 2.30. The normalized spacial score (nSPS) is 24.6. The Morgan fingerprint density at radius 1 is 1.21 bits per heavy atom. The highest BCUT2D eigenvalue weighted by atomic mass is 32.2. The SMILES string of the molecule is CC1(C)S[C@@H]2C(NC(=O)CC(NC(=O)N3CCN(/N=C/c4ccco4)C3=O)c3ccco3)C(=O)N2[C@H]1C(=O)O. The third-order valence-corrected chi connectivity index (χ3v) is 8.24. The van der Waals surface area contributed by atoms with Crippen molar-refractivity contribution in [2.75, 3.05) is 13.1 Å². The molecule has 2 aromatic heterocycles. The van der Waals surface area contributed by atoms with Gasteiger partial charge in [0.15, 0.2) is 0 Å². The van der Waals surface area contributed by atoms with Gasteiger partial charge in [0.25, 0.3) is 0 Å². The molecule has 3 aliphatic rings. The van der Waals surface area contributed by atoms with E-state index in [0.29, 0.717) is 5.76 Å². The van der Waals surface area contributed by atoms with E-state index in [-0.39, 0.29) is 25.3 Å². The molecule has 6 amide bonds. The zero-order valence-corrected chi connectivity index (χ0v) is 21.8. The lowest BCUT2D eigenvalue weighted by atomic mass is 9.96. The molecule has 15 heteroatoms. The maximum atomic E-state index is 13.0. The lowest BCUT2D eigenvalue weighted by Gasteiger charge is -2.43. The standard InChI is InChI=1S/C24H26N6O8S/c1-24(2)18(21(33)34)30-19(32)17(20(30)39-24)27-16(31)11-14(15-6-4-10-38-15)26-22(35)28-7-8-29(23(28)36)25-12-13-5-3-9-37-13/h3-6,9-10,12,14,17-18,20H,7-8,11H2,1-2H3,(H,26,35)(H,27,31)(H,33,34)/b25-12+/t14?,17?,18-,20+/m0/s1. The van der Waals surface area contributed by atoms with E-state index in [4.69, 9.17) is 8.83 Å². The Balaban J connectivity index is 1.21. The molecule has 0 saturated carbocycles. The number of thioether (sulfide) groups is 1. The van der Waals surface area contributed by atoms with Crippen molar-refractivity contribution in [1.29, 1.82) is 0 Å². The smallest absolute Gasteiger partial charge is 0.348 e. The molecule has 4 atom stereocenters. The molecule has 39 heavy (non-hydrogen) atoms. The minimum absolute atomic E-state index is 0.0725. The maximum Gasteiger partial charge on any atom is 0.348 e. The van der Waals surface area contributed by atoms with E-state index >= 15 is 0 Å². The number of aliphatic carboxylic acids is 1. The number of β-lactam (4-membered cyclic amide) rings is 1. The van der Waals surface area contributed by atoms with E-state index in [1.807, 2.05) is 0 Å². The van der Waals surface area contributed by atoms with Crippen LogP contribution in [0.5, 0.6) is 0 Å². The summed E-state index contributed by atoms with van der Waals surface area (Å²) in [6.07, 6.45) is 3.93. The minimum Gasteiger partial charge on any atom is -0.480 e. The fourth-order valence-electron chi connectivity index (χ4n) is 4.81. The van der Waals surface area contributed by atoms with Gasteiger partial charge in [0, 0.05) is 4.75 Å². The Morgan fingerprint density at radius 2 is 1.95 bits per heavy atom. The van der Waals surface area contributed by atoms with Gasteiger partial charge in [-0.1, -0.05) is 0 Å². The van der Waals surface area contributed by atoms with Crippen LogP contribution in [0, 0.1) is 0 Å².